The Hall–Kier alpha value is -3.15. The molecule has 2 aromatic carbocycles. The quantitative estimate of drug-likeness (QED) is 0.676. The fourth-order valence-corrected chi connectivity index (χ4v) is 3.50. The first-order valence-corrected chi connectivity index (χ1v) is 9.19. The van der Waals surface area contributed by atoms with Crippen molar-refractivity contribution in [3.05, 3.63) is 83.3 Å². The highest BCUT2D eigenvalue weighted by atomic mass is 19.1. The van der Waals surface area contributed by atoms with E-state index in [1.807, 2.05) is 44.2 Å². The minimum absolute atomic E-state index is 0.158. The summed E-state index contributed by atoms with van der Waals surface area (Å²) in [6.07, 6.45) is 0.598. The third kappa shape index (κ3) is 3.38. The zero-order valence-electron chi connectivity index (χ0n) is 15.8. The number of halogens is 1. The molecular weight excluding hydrogens is 359 g/mol. The lowest BCUT2D eigenvalue weighted by atomic mass is 9.91. The van der Waals surface area contributed by atoms with E-state index >= 15 is 0 Å². The lowest BCUT2D eigenvalue weighted by Gasteiger charge is -2.40. The number of carbonyl (C=O) groups is 1. The molecule has 3 aromatic rings. The van der Waals surface area contributed by atoms with Gasteiger partial charge in [0, 0.05) is 18.5 Å². The van der Waals surface area contributed by atoms with Crippen molar-refractivity contribution in [2.75, 3.05) is 6.54 Å². The maximum absolute atomic E-state index is 13.2. The van der Waals surface area contributed by atoms with E-state index < -0.39 is 5.54 Å². The zero-order valence-corrected chi connectivity index (χ0v) is 15.8. The van der Waals surface area contributed by atoms with Crippen molar-refractivity contribution in [3.63, 3.8) is 0 Å². The van der Waals surface area contributed by atoms with Crippen molar-refractivity contribution in [2.24, 2.45) is 0 Å². The molecule has 1 aliphatic heterocycles. The molecule has 0 radical (unpaired) electrons. The van der Waals surface area contributed by atoms with Gasteiger partial charge in [-0.1, -0.05) is 18.2 Å². The molecule has 4 rings (SSSR count). The SMILES string of the molecule is CC1(C)c2oc(COc3ccccc3)nc2CCN1C(=O)c1ccc(F)cc1. The Balaban J connectivity index is 1.54. The number of fused-ring (bicyclic) bond motifs is 1. The maximum Gasteiger partial charge on any atom is 0.254 e. The van der Waals surface area contributed by atoms with Crippen LogP contribution in [-0.4, -0.2) is 22.3 Å². The van der Waals surface area contributed by atoms with Crippen LogP contribution in [0.4, 0.5) is 4.39 Å². The Kier molecular flexibility index (Phi) is 4.63. The summed E-state index contributed by atoms with van der Waals surface area (Å²) in [7, 11) is 0. The molecule has 0 aliphatic carbocycles. The van der Waals surface area contributed by atoms with Gasteiger partial charge in [-0.3, -0.25) is 4.79 Å². The van der Waals surface area contributed by atoms with E-state index in [2.05, 4.69) is 4.98 Å². The summed E-state index contributed by atoms with van der Waals surface area (Å²) in [6.45, 7) is 4.60. The zero-order chi connectivity index (χ0) is 19.7. The highest BCUT2D eigenvalue weighted by Gasteiger charge is 2.42. The summed E-state index contributed by atoms with van der Waals surface area (Å²) in [5.74, 6) is 1.37. The maximum atomic E-state index is 13.2. The normalized spacial score (nSPS) is 15.2. The molecule has 0 N–H and O–H groups in total. The van der Waals surface area contributed by atoms with Crippen molar-refractivity contribution in [1.82, 2.24) is 9.88 Å². The number of hydrogen-bond acceptors (Lipinski definition) is 4. The third-order valence-electron chi connectivity index (χ3n) is 4.99. The van der Waals surface area contributed by atoms with E-state index in [4.69, 9.17) is 9.15 Å². The van der Waals surface area contributed by atoms with Crippen molar-refractivity contribution in [3.8, 4) is 5.75 Å². The highest BCUT2D eigenvalue weighted by Crippen LogP contribution is 2.36. The summed E-state index contributed by atoms with van der Waals surface area (Å²) in [5, 5.41) is 0. The number of aromatic nitrogens is 1. The fraction of sp³-hybridized carbons (Fsp3) is 0.273. The van der Waals surface area contributed by atoms with Crippen LogP contribution in [0.2, 0.25) is 0 Å². The first-order valence-electron chi connectivity index (χ1n) is 9.19. The van der Waals surface area contributed by atoms with Crippen molar-refractivity contribution < 1.29 is 18.3 Å². The minimum Gasteiger partial charge on any atom is -0.484 e. The van der Waals surface area contributed by atoms with Crippen LogP contribution < -0.4 is 4.74 Å². The number of amides is 1. The first kappa shape index (κ1) is 18.2. The van der Waals surface area contributed by atoms with E-state index in [-0.39, 0.29) is 18.3 Å². The molecule has 2 heterocycles. The molecule has 0 fully saturated rings. The average Bonchev–Trinajstić information content (AvgIpc) is 3.12. The van der Waals surface area contributed by atoms with Gasteiger partial charge in [0.1, 0.15) is 11.6 Å². The van der Waals surface area contributed by atoms with Gasteiger partial charge in [0.2, 0.25) is 5.89 Å². The van der Waals surface area contributed by atoms with Crippen LogP contribution in [0.25, 0.3) is 0 Å². The molecule has 144 valence electrons. The lowest BCUT2D eigenvalue weighted by Crippen LogP contribution is -2.49. The lowest BCUT2D eigenvalue weighted by molar-refractivity contribution is 0.0444. The highest BCUT2D eigenvalue weighted by molar-refractivity contribution is 5.94. The Labute approximate surface area is 162 Å². The van der Waals surface area contributed by atoms with Crippen LogP contribution in [0.3, 0.4) is 0 Å². The van der Waals surface area contributed by atoms with Gasteiger partial charge < -0.3 is 14.1 Å². The van der Waals surface area contributed by atoms with Crippen LogP contribution in [0.1, 0.15) is 41.6 Å². The number of carbonyl (C=O) groups excluding carboxylic acids is 1. The van der Waals surface area contributed by atoms with Crippen molar-refractivity contribution in [1.29, 1.82) is 0 Å². The van der Waals surface area contributed by atoms with Crippen LogP contribution in [0.5, 0.6) is 5.75 Å². The van der Waals surface area contributed by atoms with Gasteiger partial charge in [-0.15, -0.1) is 0 Å². The second-order valence-electron chi connectivity index (χ2n) is 7.26. The van der Waals surface area contributed by atoms with Crippen LogP contribution in [0.15, 0.2) is 59.0 Å². The Morgan fingerprint density at radius 1 is 1.18 bits per heavy atom. The molecule has 1 aliphatic rings. The molecule has 1 aromatic heterocycles. The van der Waals surface area contributed by atoms with Gasteiger partial charge in [-0.2, -0.15) is 0 Å². The van der Waals surface area contributed by atoms with Gasteiger partial charge >= 0.3 is 0 Å². The summed E-state index contributed by atoms with van der Waals surface area (Å²) < 4.78 is 24.9. The van der Waals surface area contributed by atoms with Gasteiger partial charge in [-0.05, 0) is 50.2 Å². The monoisotopic (exact) mass is 380 g/mol. The van der Waals surface area contributed by atoms with E-state index in [1.54, 1.807) is 4.90 Å². The average molecular weight is 380 g/mol. The molecule has 28 heavy (non-hydrogen) atoms. The van der Waals surface area contributed by atoms with Crippen LogP contribution in [0, 0.1) is 5.82 Å². The van der Waals surface area contributed by atoms with Gasteiger partial charge in [0.05, 0.1) is 11.2 Å². The summed E-state index contributed by atoms with van der Waals surface area (Å²) >= 11 is 0. The second kappa shape index (κ2) is 7.11. The largest absolute Gasteiger partial charge is 0.484 e. The number of ether oxygens (including phenoxy) is 1. The van der Waals surface area contributed by atoms with E-state index in [0.29, 0.717) is 30.2 Å². The number of benzene rings is 2. The minimum atomic E-state index is -0.670. The molecule has 0 spiro atoms. The predicted octanol–water partition coefficient (Wildman–Crippen LogP) is 4.33. The number of oxazole rings is 1. The van der Waals surface area contributed by atoms with E-state index in [1.165, 1.54) is 24.3 Å². The standard InChI is InChI=1S/C22H21FN2O3/c1-22(2)20-18(24-19(28-20)14-27-17-6-4-3-5-7-17)12-13-25(22)21(26)15-8-10-16(23)11-9-15/h3-11H,12-14H2,1-2H3. The molecule has 0 atom stereocenters. The fourth-order valence-electron chi connectivity index (χ4n) is 3.50. The first-order chi connectivity index (χ1) is 13.4. The molecule has 0 saturated carbocycles. The number of nitrogens with zero attached hydrogens (tertiary/aromatic N) is 2. The summed E-state index contributed by atoms with van der Waals surface area (Å²) in [5.41, 5.74) is 0.627. The van der Waals surface area contributed by atoms with E-state index in [0.717, 1.165) is 11.4 Å². The Bertz CT molecular complexity index is 981. The van der Waals surface area contributed by atoms with Gasteiger partial charge in [0.15, 0.2) is 12.4 Å². The molecule has 0 unspecified atom stereocenters. The predicted molar refractivity (Wildman–Crippen MR) is 101 cm³/mol. The molecular formula is C22H21FN2O3. The van der Waals surface area contributed by atoms with E-state index in [9.17, 15) is 9.18 Å². The number of rotatable bonds is 4. The second-order valence-corrected chi connectivity index (χ2v) is 7.26. The smallest absolute Gasteiger partial charge is 0.254 e. The summed E-state index contributed by atoms with van der Waals surface area (Å²) in [6, 6.07) is 15.1. The molecule has 1 amide bonds. The molecule has 5 nitrogen and oxygen atoms in total. The molecule has 6 heteroatoms. The Morgan fingerprint density at radius 2 is 1.89 bits per heavy atom. The van der Waals surface area contributed by atoms with Crippen molar-refractivity contribution >= 4 is 5.91 Å². The number of hydrogen-bond donors (Lipinski definition) is 0. The topological polar surface area (TPSA) is 55.6 Å². The van der Waals surface area contributed by atoms with Crippen molar-refractivity contribution in [2.45, 2.75) is 32.4 Å². The Morgan fingerprint density at radius 3 is 2.61 bits per heavy atom. The third-order valence-corrected chi connectivity index (χ3v) is 4.99. The van der Waals surface area contributed by atoms with Crippen LogP contribution >= 0.6 is 0 Å². The molecule has 0 bridgehead atoms. The summed E-state index contributed by atoms with van der Waals surface area (Å²) in [4.78, 5) is 19.3. The number of para-hydroxylation sites is 1. The molecule has 0 saturated heterocycles. The van der Waals surface area contributed by atoms with Gasteiger partial charge in [-0.25, -0.2) is 9.37 Å². The van der Waals surface area contributed by atoms with Gasteiger partial charge in [0.25, 0.3) is 5.91 Å². The van der Waals surface area contributed by atoms with Crippen LogP contribution in [-0.2, 0) is 18.6 Å².